The second-order valence-electron chi connectivity index (χ2n) is 5.97. The Bertz CT molecular complexity index is 829. The van der Waals surface area contributed by atoms with E-state index < -0.39 is 0 Å². The summed E-state index contributed by atoms with van der Waals surface area (Å²) in [4.78, 5) is 22.0. The second-order valence-corrected chi connectivity index (χ2v) is 7.73. The number of aromatic amines is 1. The fraction of sp³-hybridized carbons (Fsp3) is 0.263. The Balaban J connectivity index is 1.54. The summed E-state index contributed by atoms with van der Waals surface area (Å²) in [5.41, 5.74) is 3.04. The highest BCUT2D eigenvalue weighted by Gasteiger charge is 2.15. The number of amides is 1. The smallest absolute Gasteiger partial charge is 0.232 e. The zero-order chi connectivity index (χ0) is 17.8. The predicted octanol–water partition coefficient (Wildman–Crippen LogP) is 4.67. The minimum absolute atomic E-state index is 0.0999. The monoisotopic (exact) mass is 373 g/mol. The molecule has 0 saturated carbocycles. The van der Waals surface area contributed by atoms with Gasteiger partial charge in [-0.2, -0.15) is 0 Å². The lowest BCUT2D eigenvalue weighted by Gasteiger charge is -2.18. The summed E-state index contributed by atoms with van der Waals surface area (Å²) < 4.78 is 0. The number of para-hydroxylation sites is 2. The third-order valence-electron chi connectivity index (χ3n) is 4.01. The van der Waals surface area contributed by atoms with Crippen molar-refractivity contribution < 1.29 is 4.79 Å². The van der Waals surface area contributed by atoms with E-state index >= 15 is 0 Å². The van der Waals surface area contributed by atoms with Crippen LogP contribution in [0.25, 0.3) is 11.0 Å². The van der Waals surface area contributed by atoms with Gasteiger partial charge in [0.15, 0.2) is 0 Å². The quantitative estimate of drug-likeness (QED) is 0.683. The van der Waals surface area contributed by atoms with E-state index in [4.69, 9.17) is 11.6 Å². The third kappa shape index (κ3) is 4.55. The number of hydrogen-bond donors (Lipinski definition) is 1. The predicted molar refractivity (Wildman–Crippen MR) is 105 cm³/mol. The SMILES string of the molecule is C[C@@H](SCC(=O)N(C)Cc1ccc(Cl)cc1)c1nc2ccccc2[nH]1. The van der Waals surface area contributed by atoms with E-state index in [1.807, 2.05) is 55.6 Å². The van der Waals surface area contributed by atoms with E-state index in [0.29, 0.717) is 17.3 Å². The lowest BCUT2D eigenvalue weighted by Crippen LogP contribution is -2.28. The zero-order valence-electron chi connectivity index (χ0n) is 14.2. The highest BCUT2D eigenvalue weighted by atomic mass is 35.5. The molecule has 1 N–H and O–H groups in total. The van der Waals surface area contributed by atoms with Gasteiger partial charge in [-0.25, -0.2) is 4.98 Å². The van der Waals surface area contributed by atoms with Gasteiger partial charge in [-0.3, -0.25) is 4.79 Å². The molecule has 0 aliphatic carbocycles. The van der Waals surface area contributed by atoms with E-state index in [-0.39, 0.29) is 11.2 Å². The molecule has 0 unspecified atom stereocenters. The molecule has 0 spiro atoms. The molecule has 0 aliphatic heterocycles. The fourth-order valence-corrected chi connectivity index (χ4v) is 3.51. The molecular formula is C19H20ClN3OS. The van der Waals surface area contributed by atoms with Crippen molar-refractivity contribution in [3.8, 4) is 0 Å². The van der Waals surface area contributed by atoms with Gasteiger partial charge in [0, 0.05) is 18.6 Å². The Morgan fingerprint density at radius 1 is 1.24 bits per heavy atom. The maximum atomic E-state index is 12.4. The van der Waals surface area contributed by atoms with Gasteiger partial charge in [0.05, 0.1) is 22.0 Å². The van der Waals surface area contributed by atoms with Crippen LogP contribution in [-0.2, 0) is 11.3 Å². The second kappa shape index (κ2) is 7.93. The number of benzene rings is 2. The standard InChI is InChI=1S/C19H20ClN3OS/c1-13(19-21-16-5-3-4-6-17(16)22-19)25-12-18(24)23(2)11-14-7-9-15(20)10-8-14/h3-10,13H,11-12H2,1-2H3,(H,21,22)/t13-/m1/s1. The number of thioether (sulfide) groups is 1. The van der Waals surface area contributed by atoms with Crippen molar-refractivity contribution in [1.82, 2.24) is 14.9 Å². The molecule has 6 heteroatoms. The molecule has 1 atom stereocenters. The summed E-state index contributed by atoms with van der Waals surface area (Å²) in [6.07, 6.45) is 0. The van der Waals surface area contributed by atoms with Gasteiger partial charge in [-0.1, -0.05) is 35.9 Å². The van der Waals surface area contributed by atoms with E-state index in [1.54, 1.807) is 16.7 Å². The number of H-pyrrole nitrogens is 1. The number of nitrogens with one attached hydrogen (secondary N) is 1. The van der Waals surface area contributed by atoms with E-state index in [2.05, 4.69) is 16.9 Å². The minimum Gasteiger partial charge on any atom is -0.341 e. The van der Waals surface area contributed by atoms with Crippen LogP contribution in [0.4, 0.5) is 0 Å². The van der Waals surface area contributed by atoms with Crippen LogP contribution in [0.3, 0.4) is 0 Å². The number of rotatable bonds is 6. The average Bonchev–Trinajstić information content (AvgIpc) is 3.05. The highest BCUT2D eigenvalue weighted by molar-refractivity contribution is 8.00. The van der Waals surface area contributed by atoms with Crippen LogP contribution in [0.2, 0.25) is 5.02 Å². The molecule has 1 amide bonds. The largest absolute Gasteiger partial charge is 0.341 e. The zero-order valence-corrected chi connectivity index (χ0v) is 15.8. The summed E-state index contributed by atoms with van der Waals surface area (Å²) in [6.45, 7) is 2.64. The Hall–Kier alpha value is -1.98. The summed E-state index contributed by atoms with van der Waals surface area (Å²) >= 11 is 7.48. The van der Waals surface area contributed by atoms with Gasteiger partial charge in [0.1, 0.15) is 5.82 Å². The molecule has 3 aromatic rings. The molecule has 25 heavy (non-hydrogen) atoms. The topological polar surface area (TPSA) is 49.0 Å². The van der Waals surface area contributed by atoms with Crippen molar-refractivity contribution in [3.05, 3.63) is 64.9 Å². The van der Waals surface area contributed by atoms with E-state index in [1.165, 1.54) is 0 Å². The van der Waals surface area contributed by atoms with Gasteiger partial charge in [0.2, 0.25) is 5.91 Å². The first-order valence-corrected chi connectivity index (χ1v) is 9.50. The van der Waals surface area contributed by atoms with Crippen molar-refractivity contribution in [3.63, 3.8) is 0 Å². The van der Waals surface area contributed by atoms with Crippen molar-refractivity contribution >= 4 is 40.3 Å². The Morgan fingerprint density at radius 3 is 2.68 bits per heavy atom. The molecule has 3 rings (SSSR count). The lowest BCUT2D eigenvalue weighted by atomic mass is 10.2. The van der Waals surface area contributed by atoms with Crippen LogP contribution < -0.4 is 0 Å². The molecule has 2 aromatic carbocycles. The van der Waals surface area contributed by atoms with E-state index in [9.17, 15) is 4.79 Å². The summed E-state index contributed by atoms with van der Waals surface area (Å²) in [5.74, 6) is 1.42. The van der Waals surface area contributed by atoms with Gasteiger partial charge in [0.25, 0.3) is 0 Å². The van der Waals surface area contributed by atoms with Crippen molar-refractivity contribution in [2.75, 3.05) is 12.8 Å². The molecule has 0 radical (unpaired) electrons. The molecule has 0 fully saturated rings. The molecule has 1 heterocycles. The van der Waals surface area contributed by atoms with Crippen molar-refractivity contribution in [2.45, 2.75) is 18.7 Å². The number of halogens is 1. The number of carbonyl (C=O) groups excluding carboxylic acids is 1. The molecular weight excluding hydrogens is 354 g/mol. The molecule has 4 nitrogen and oxygen atoms in total. The van der Waals surface area contributed by atoms with Crippen LogP contribution in [-0.4, -0.2) is 33.6 Å². The Morgan fingerprint density at radius 2 is 1.96 bits per heavy atom. The number of carbonyl (C=O) groups is 1. The van der Waals surface area contributed by atoms with Gasteiger partial charge in [-0.05, 0) is 36.8 Å². The number of aromatic nitrogens is 2. The van der Waals surface area contributed by atoms with Crippen LogP contribution in [0.15, 0.2) is 48.5 Å². The summed E-state index contributed by atoms with van der Waals surface area (Å²) in [5, 5.41) is 0.827. The third-order valence-corrected chi connectivity index (χ3v) is 5.40. The van der Waals surface area contributed by atoms with Gasteiger partial charge in [-0.15, -0.1) is 11.8 Å². The first-order valence-electron chi connectivity index (χ1n) is 8.07. The van der Waals surface area contributed by atoms with Crippen LogP contribution in [0, 0.1) is 0 Å². The van der Waals surface area contributed by atoms with Crippen LogP contribution in [0.1, 0.15) is 23.6 Å². The Kier molecular flexibility index (Phi) is 5.66. The minimum atomic E-state index is 0.0999. The number of nitrogens with zero attached hydrogens (tertiary/aromatic N) is 2. The lowest BCUT2D eigenvalue weighted by molar-refractivity contribution is -0.127. The highest BCUT2D eigenvalue weighted by Crippen LogP contribution is 2.27. The first-order chi connectivity index (χ1) is 12.0. The molecule has 0 aliphatic rings. The maximum Gasteiger partial charge on any atom is 0.232 e. The molecule has 130 valence electrons. The summed E-state index contributed by atoms with van der Waals surface area (Å²) in [7, 11) is 1.82. The van der Waals surface area contributed by atoms with Crippen molar-refractivity contribution in [2.24, 2.45) is 0 Å². The van der Waals surface area contributed by atoms with Gasteiger partial charge < -0.3 is 9.88 Å². The molecule has 1 aromatic heterocycles. The van der Waals surface area contributed by atoms with Gasteiger partial charge >= 0.3 is 0 Å². The average molecular weight is 374 g/mol. The normalized spacial score (nSPS) is 12.3. The first kappa shape index (κ1) is 17.8. The van der Waals surface area contributed by atoms with Crippen LogP contribution in [0.5, 0.6) is 0 Å². The molecule has 0 saturated heterocycles. The maximum absolute atomic E-state index is 12.4. The van der Waals surface area contributed by atoms with Crippen LogP contribution >= 0.6 is 23.4 Å². The molecule has 0 bridgehead atoms. The summed E-state index contributed by atoms with van der Waals surface area (Å²) in [6, 6.07) is 15.5. The number of hydrogen-bond acceptors (Lipinski definition) is 3. The van der Waals surface area contributed by atoms with E-state index in [0.717, 1.165) is 22.4 Å². The Labute approximate surface area is 156 Å². The number of imidazole rings is 1. The fourth-order valence-electron chi connectivity index (χ4n) is 2.50. The van der Waals surface area contributed by atoms with Crippen molar-refractivity contribution in [1.29, 1.82) is 0 Å². The number of fused-ring (bicyclic) bond motifs is 1.